The van der Waals surface area contributed by atoms with Crippen LogP contribution >= 0.6 is 11.6 Å². The van der Waals surface area contributed by atoms with E-state index in [0.717, 1.165) is 6.42 Å². The maximum absolute atomic E-state index is 12.9. The molecule has 2 saturated heterocycles. The molecule has 0 unspecified atom stereocenters. The number of benzene rings is 1. The number of rotatable bonds is 6. The van der Waals surface area contributed by atoms with Crippen LogP contribution in [0.2, 0.25) is 5.02 Å². The summed E-state index contributed by atoms with van der Waals surface area (Å²) in [5.41, 5.74) is 0.593. The van der Waals surface area contributed by atoms with Gasteiger partial charge in [0, 0.05) is 55.8 Å². The van der Waals surface area contributed by atoms with Crippen LogP contribution in [0.25, 0.3) is 0 Å². The molecule has 9 heteroatoms. The van der Waals surface area contributed by atoms with Crippen LogP contribution in [-0.2, 0) is 14.8 Å². The normalized spacial score (nSPS) is 19.1. The van der Waals surface area contributed by atoms with Crippen molar-refractivity contribution in [3.8, 4) is 0 Å². The van der Waals surface area contributed by atoms with Crippen LogP contribution in [0.1, 0.15) is 43.0 Å². The van der Waals surface area contributed by atoms with Gasteiger partial charge in [-0.15, -0.1) is 0 Å². The molecule has 7 nitrogen and oxygen atoms in total. The highest BCUT2D eigenvalue weighted by Gasteiger charge is 2.34. The fraction of sp³-hybridized carbons (Fsp3) is 0.619. The predicted octanol–water partition coefficient (Wildman–Crippen LogP) is 2.47. The fourth-order valence-electron chi connectivity index (χ4n) is 4.00. The average molecular weight is 456 g/mol. The monoisotopic (exact) mass is 455 g/mol. The molecule has 0 atom stereocenters. The van der Waals surface area contributed by atoms with Gasteiger partial charge >= 0.3 is 0 Å². The minimum atomic E-state index is -3.21. The fourth-order valence-corrected chi connectivity index (χ4v) is 5.80. The van der Waals surface area contributed by atoms with E-state index in [1.807, 2.05) is 11.8 Å². The van der Waals surface area contributed by atoms with E-state index in [1.165, 1.54) is 4.31 Å². The van der Waals surface area contributed by atoms with E-state index in [0.29, 0.717) is 69.1 Å². The molecular weight excluding hydrogens is 426 g/mol. The van der Waals surface area contributed by atoms with Crippen molar-refractivity contribution in [2.45, 2.75) is 32.6 Å². The first-order chi connectivity index (χ1) is 14.3. The lowest BCUT2D eigenvalue weighted by atomic mass is 9.96. The van der Waals surface area contributed by atoms with Crippen molar-refractivity contribution >= 4 is 33.4 Å². The minimum absolute atomic E-state index is 0.0515. The van der Waals surface area contributed by atoms with E-state index >= 15 is 0 Å². The van der Waals surface area contributed by atoms with Crippen LogP contribution in [0, 0.1) is 5.92 Å². The van der Waals surface area contributed by atoms with E-state index < -0.39 is 10.0 Å². The van der Waals surface area contributed by atoms with Gasteiger partial charge < -0.3 is 9.80 Å². The molecule has 30 heavy (non-hydrogen) atoms. The summed E-state index contributed by atoms with van der Waals surface area (Å²) in [4.78, 5) is 29.1. The number of hydrogen-bond donors (Lipinski definition) is 0. The summed E-state index contributed by atoms with van der Waals surface area (Å²) < 4.78 is 26.2. The number of nitrogens with zero attached hydrogens (tertiary/aromatic N) is 3. The van der Waals surface area contributed by atoms with E-state index in [2.05, 4.69) is 0 Å². The van der Waals surface area contributed by atoms with Gasteiger partial charge in [0.05, 0.1) is 5.75 Å². The zero-order valence-corrected chi connectivity index (χ0v) is 19.0. The number of carbonyl (C=O) groups excluding carboxylic acids is 2. The third-order valence-corrected chi connectivity index (χ3v) is 8.13. The molecule has 2 aliphatic heterocycles. The Morgan fingerprint density at radius 1 is 0.967 bits per heavy atom. The lowest BCUT2D eigenvalue weighted by molar-refractivity contribution is -0.138. The predicted molar refractivity (Wildman–Crippen MR) is 117 cm³/mol. The molecule has 0 spiro atoms. The molecule has 1 aromatic rings. The van der Waals surface area contributed by atoms with Gasteiger partial charge in [0.25, 0.3) is 5.91 Å². The first kappa shape index (κ1) is 23.0. The Hall–Kier alpha value is -1.64. The molecule has 2 fully saturated rings. The standard InChI is InChI=1S/C21H30ClN3O4S/c1-2-3-16-30(28,29)25-10-8-18(9-11-25)21(27)24-14-12-23(13-15-24)20(26)17-4-6-19(22)7-5-17/h4-7,18H,2-3,8-16H2,1H3. The third-order valence-electron chi connectivity index (χ3n) is 5.92. The van der Waals surface area contributed by atoms with E-state index in [-0.39, 0.29) is 23.5 Å². The van der Waals surface area contributed by atoms with Gasteiger partial charge in [-0.05, 0) is 43.5 Å². The minimum Gasteiger partial charge on any atom is -0.339 e. The highest BCUT2D eigenvalue weighted by atomic mass is 35.5. The Kier molecular flexibility index (Phi) is 7.76. The summed E-state index contributed by atoms with van der Waals surface area (Å²) in [5.74, 6) is 0.0795. The molecule has 3 rings (SSSR count). The maximum atomic E-state index is 12.9. The van der Waals surface area contributed by atoms with Crippen molar-refractivity contribution < 1.29 is 18.0 Å². The van der Waals surface area contributed by atoms with Crippen LogP contribution in [-0.4, -0.2) is 79.4 Å². The first-order valence-electron chi connectivity index (χ1n) is 10.6. The highest BCUT2D eigenvalue weighted by Crippen LogP contribution is 2.23. The van der Waals surface area contributed by atoms with Gasteiger partial charge in [-0.25, -0.2) is 12.7 Å². The zero-order chi connectivity index (χ0) is 21.7. The van der Waals surface area contributed by atoms with Crippen molar-refractivity contribution in [3.05, 3.63) is 34.9 Å². The summed E-state index contributed by atoms with van der Waals surface area (Å²) in [6, 6.07) is 6.82. The van der Waals surface area contributed by atoms with Crippen LogP contribution in [0.3, 0.4) is 0 Å². The van der Waals surface area contributed by atoms with Crippen molar-refractivity contribution in [2.24, 2.45) is 5.92 Å². The zero-order valence-electron chi connectivity index (χ0n) is 17.4. The number of halogens is 1. The molecular formula is C21H30ClN3O4S. The van der Waals surface area contributed by atoms with Gasteiger partial charge in [0.15, 0.2) is 0 Å². The van der Waals surface area contributed by atoms with E-state index in [9.17, 15) is 18.0 Å². The lowest BCUT2D eigenvalue weighted by Crippen LogP contribution is -2.53. The molecule has 0 aromatic heterocycles. The van der Waals surface area contributed by atoms with Crippen molar-refractivity contribution in [1.82, 2.24) is 14.1 Å². The second kappa shape index (κ2) is 10.1. The Labute approximate surface area is 184 Å². The molecule has 2 aliphatic rings. The van der Waals surface area contributed by atoms with Gasteiger partial charge in [-0.1, -0.05) is 24.9 Å². The molecule has 2 heterocycles. The second-order valence-corrected chi connectivity index (χ2v) is 10.5. The number of piperidine rings is 1. The van der Waals surface area contributed by atoms with Crippen molar-refractivity contribution in [2.75, 3.05) is 45.0 Å². The molecule has 2 amide bonds. The molecule has 0 N–H and O–H groups in total. The van der Waals surface area contributed by atoms with Gasteiger partial charge in [0.1, 0.15) is 0 Å². The van der Waals surface area contributed by atoms with Gasteiger partial charge in [-0.2, -0.15) is 0 Å². The largest absolute Gasteiger partial charge is 0.339 e. The molecule has 0 aliphatic carbocycles. The average Bonchev–Trinajstić information content (AvgIpc) is 2.77. The van der Waals surface area contributed by atoms with Crippen LogP contribution < -0.4 is 0 Å². The Bertz CT molecular complexity index is 844. The van der Waals surface area contributed by atoms with Crippen LogP contribution in [0.5, 0.6) is 0 Å². The number of carbonyl (C=O) groups is 2. The van der Waals surface area contributed by atoms with Crippen molar-refractivity contribution in [3.63, 3.8) is 0 Å². The second-order valence-electron chi connectivity index (χ2n) is 7.97. The number of piperazine rings is 1. The number of amides is 2. The summed E-state index contributed by atoms with van der Waals surface area (Å²) in [5, 5.41) is 0.589. The van der Waals surface area contributed by atoms with Crippen LogP contribution in [0.15, 0.2) is 24.3 Å². The topological polar surface area (TPSA) is 78.0 Å². The Morgan fingerprint density at radius 2 is 1.53 bits per heavy atom. The Morgan fingerprint density at radius 3 is 2.10 bits per heavy atom. The van der Waals surface area contributed by atoms with Crippen LogP contribution in [0.4, 0.5) is 0 Å². The third kappa shape index (κ3) is 5.53. The summed E-state index contributed by atoms with van der Waals surface area (Å²) >= 11 is 5.88. The molecule has 0 saturated carbocycles. The molecule has 166 valence electrons. The summed E-state index contributed by atoms with van der Waals surface area (Å²) in [6.07, 6.45) is 2.64. The highest BCUT2D eigenvalue weighted by molar-refractivity contribution is 7.89. The number of hydrogen-bond acceptors (Lipinski definition) is 4. The summed E-state index contributed by atoms with van der Waals surface area (Å²) in [7, 11) is -3.21. The first-order valence-corrected chi connectivity index (χ1v) is 12.6. The Balaban J connectivity index is 1.48. The van der Waals surface area contributed by atoms with E-state index in [4.69, 9.17) is 11.6 Å². The molecule has 1 aromatic carbocycles. The van der Waals surface area contributed by atoms with Gasteiger partial charge in [0.2, 0.25) is 15.9 Å². The van der Waals surface area contributed by atoms with Gasteiger partial charge in [-0.3, -0.25) is 9.59 Å². The van der Waals surface area contributed by atoms with E-state index in [1.54, 1.807) is 29.2 Å². The SMILES string of the molecule is CCCCS(=O)(=O)N1CCC(C(=O)N2CCN(C(=O)c3ccc(Cl)cc3)CC2)CC1. The number of sulfonamides is 1. The molecule has 0 radical (unpaired) electrons. The molecule has 0 bridgehead atoms. The maximum Gasteiger partial charge on any atom is 0.253 e. The smallest absolute Gasteiger partial charge is 0.253 e. The summed E-state index contributed by atoms with van der Waals surface area (Å²) in [6.45, 7) is 4.81. The lowest BCUT2D eigenvalue weighted by Gasteiger charge is -2.38. The quantitative estimate of drug-likeness (QED) is 0.660. The number of unbranched alkanes of at least 4 members (excludes halogenated alkanes) is 1. The van der Waals surface area contributed by atoms with Crippen molar-refractivity contribution in [1.29, 1.82) is 0 Å².